The highest BCUT2D eigenvalue weighted by atomic mass is 35.5. The average Bonchev–Trinajstić information content (AvgIpc) is 2.03. The van der Waals surface area contributed by atoms with Crippen LogP contribution in [0.15, 0.2) is 18.2 Å². The van der Waals surface area contributed by atoms with E-state index in [9.17, 15) is 5.11 Å². The van der Waals surface area contributed by atoms with Crippen molar-refractivity contribution < 1.29 is 10.2 Å². The average molecular weight is 204 g/mol. The molecule has 0 amide bonds. The summed E-state index contributed by atoms with van der Waals surface area (Å²) in [4.78, 5) is 0. The summed E-state index contributed by atoms with van der Waals surface area (Å²) in [5.74, 6) is 0.115. The molecule has 1 atom stereocenters. The second-order valence-electron chi connectivity index (χ2n) is 2.76. The first kappa shape index (κ1) is 12.1. The summed E-state index contributed by atoms with van der Waals surface area (Å²) in [6.45, 7) is 1.94. The Morgan fingerprint density at radius 2 is 2.00 bits per heavy atom. The highest BCUT2D eigenvalue weighted by Gasteiger charge is 2.08. The molecular formula is C9H14ClNO2. The van der Waals surface area contributed by atoms with Crippen LogP contribution in [0, 0.1) is 0 Å². The summed E-state index contributed by atoms with van der Waals surface area (Å²) in [6.07, 6.45) is 0.762. The lowest BCUT2D eigenvalue weighted by Gasteiger charge is -2.10. The highest BCUT2D eigenvalue weighted by Crippen LogP contribution is 2.27. The fraction of sp³-hybridized carbons (Fsp3) is 0.333. The van der Waals surface area contributed by atoms with Crippen molar-refractivity contribution in [1.29, 1.82) is 0 Å². The number of hydrogen-bond donors (Lipinski definition) is 3. The van der Waals surface area contributed by atoms with E-state index in [2.05, 4.69) is 0 Å². The molecular weight excluding hydrogens is 190 g/mol. The van der Waals surface area contributed by atoms with Crippen LogP contribution in [0.5, 0.6) is 11.5 Å². The molecule has 0 radical (unpaired) electrons. The molecule has 0 aromatic heterocycles. The molecule has 74 valence electrons. The van der Waals surface area contributed by atoms with E-state index in [1.165, 1.54) is 12.1 Å². The maximum atomic E-state index is 9.35. The van der Waals surface area contributed by atoms with Gasteiger partial charge in [-0.05, 0) is 12.5 Å². The van der Waals surface area contributed by atoms with Crippen molar-refractivity contribution in [1.82, 2.24) is 0 Å². The number of rotatable bonds is 2. The molecule has 0 bridgehead atoms. The van der Waals surface area contributed by atoms with E-state index in [1.807, 2.05) is 6.92 Å². The third-order valence-electron chi connectivity index (χ3n) is 1.85. The first-order chi connectivity index (χ1) is 5.65. The van der Waals surface area contributed by atoms with Gasteiger partial charge in [0.1, 0.15) is 11.5 Å². The molecule has 4 N–H and O–H groups in total. The zero-order valence-corrected chi connectivity index (χ0v) is 8.21. The van der Waals surface area contributed by atoms with Crippen molar-refractivity contribution in [3.63, 3.8) is 0 Å². The molecule has 0 spiro atoms. The maximum absolute atomic E-state index is 9.35. The van der Waals surface area contributed by atoms with E-state index in [0.717, 1.165) is 6.42 Å². The lowest BCUT2D eigenvalue weighted by atomic mass is 10.0. The summed E-state index contributed by atoms with van der Waals surface area (Å²) in [6, 6.07) is 4.29. The molecule has 0 heterocycles. The minimum absolute atomic E-state index is 0. The molecule has 0 saturated carbocycles. The lowest BCUT2D eigenvalue weighted by molar-refractivity contribution is 0.441. The van der Waals surface area contributed by atoms with Crippen LogP contribution in [0.4, 0.5) is 0 Å². The van der Waals surface area contributed by atoms with Gasteiger partial charge in [0.2, 0.25) is 0 Å². The second kappa shape index (κ2) is 4.94. The summed E-state index contributed by atoms with van der Waals surface area (Å²) >= 11 is 0. The fourth-order valence-electron chi connectivity index (χ4n) is 1.07. The van der Waals surface area contributed by atoms with Crippen LogP contribution >= 0.6 is 12.4 Å². The largest absolute Gasteiger partial charge is 0.508 e. The maximum Gasteiger partial charge on any atom is 0.124 e. The number of phenolic OH excluding ortho intramolecular Hbond substituents is 2. The molecule has 0 fully saturated rings. The molecule has 0 unspecified atom stereocenters. The van der Waals surface area contributed by atoms with Gasteiger partial charge in [0, 0.05) is 17.7 Å². The van der Waals surface area contributed by atoms with Gasteiger partial charge >= 0.3 is 0 Å². The van der Waals surface area contributed by atoms with E-state index in [4.69, 9.17) is 10.8 Å². The van der Waals surface area contributed by atoms with Crippen molar-refractivity contribution >= 4 is 12.4 Å². The first-order valence-corrected chi connectivity index (χ1v) is 3.92. The second-order valence-corrected chi connectivity index (χ2v) is 2.76. The monoisotopic (exact) mass is 203 g/mol. The Labute approximate surface area is 83.6 Å². The Hall–Kier alpha value is -0.930. The van der Waals surface area contributed by atoms with E-state index in [0.29, 0.717) is 5.56 Å². The predicted molar refractivity (Wildman–Crippen MR) is 54.2 cm³/mol. The molecule has 0 aliphatic heterocycles. The topological polar surface area (TPSA) is 66.5 Å². The highest BCUT2D eigenvalue weighted by molar-refractivity contribution is 5.85. The van der Waals surface area contributed by atoms with Gasteiger partial charge in [-0.2, -0.15) is 0 Å². The standard InChI is InChI=1S/C9H13NO2.ClH/c1-2-8(10)7-4-3-6(11)5-9(7)12;/h3-5,8,11-12H,2,10H2,1H3;1H/t8-;/m1./s1. The Bertz CT molecular complexity index is 278. The Kier molecular flexibility index (Phi) is 4.59. The summed E-state index contributed by atoms with van der Waals surface area (Å²) in [5.41, 5.74) is 6.38. The molecule has 0 aliphatic rings. The number of aromatic hydroxyl groups is 2. The summed E-state index contributed by atoms with van der Waals surface area (Å²) < 4.78 is 0. The number of hydrogen-bond acceptors (Lipinski definition) is 3. The van der Waals surface area contributed by atoms with Crippen LogP contribution in [0.2, 0.25) is 0 Å². The Balaban J connectivity index is 0.00000144. The quantitative estimate of drug-likeness (QED) is 0.688. The molecule has 1 rings (SSSR count). The van der Waals surface area contributed by atoms with Crippen molar-refractivity contribution in [3.05, 3.63) is 23.8 Å². The first-order valence-electron chi connectivity index (χ1n) is 3.92. The van der Waals surface area contributed by atoms with Gasteiger partial charge < -0.3 is 15.9 Å². The van der Waals surface area contributed by atoms with E-state index >= 15 is 0 Å². The van der Waals surface area contributed by atoms with Crippen LogP contribution in [0.25, 0.3) is 0 Å². The zero-order valence-electron chi connectivity index (χ0n) is 7.40. The summed E-state index contributed by atoms with van der Waals surface area (Å²) in [7, 11) is 0. The van der Waals surface area contributed by atoms with Crippen molar-refractivity contribution in [3.8, 4) is 11.5 Å². The minimum Gasteiger partial charge on any atom is -0.508 e. The Morgan fingerprint density at radius 3 is 2.46 bits per heavy atom. The molecule has 13 heavy (non-hydrogen) atoms. The molecule has 4 heteroatoms. The van der Waals surface area contributed by atoms with Crippen LogP contribution in [0.1, 0.15) is 24.9 Å². The van der Waals surface area contributed by atoms with E-state index < -0.39 is 0 Å². The third-order valence-corrected chi connectivity index (χ3v) is 1.85. The van der Waals surface area contributed by atoms with Crippen LogP contribution in [-0.4, -0.2) is 10.2 Å². The van der Waals surface area contributed by atoms with E-state index in [1.54, 1.807) is 6.07 Å². The smallest absolute Gasteiger partial charge is 0.124 e. The van der Waals surface area contributed by atoms with Gasteiger partial charge in [-0.25, -0.2) is 0 Å². The van der Waals surface area contributed by atoms with Gasteiger partial charge in [-0.3, -0.25) is 0 Å². The predicted octanol–water partition coefficient (Wildman–Crippen LogP) is 1.93. The lowest BCUT2D eigenvalue weighted by Crippen LogP contribution is -2.08. The number of halogens is 1. The molecule has 0 aliphatic carbocycles. The van der Waals surface area contributed by atoms with Crippen LogP contribution in [0.3, 0.4) is 0 Å². The molecule has 0 saturated heterocycles. The van der Waals surface area contributed by atoms with Crippen molar-refractivity contribution in [2.24, 2.45) is 5.73 Å². The van der Waals surface area contributed by atoms with Gasteiger partial charge in [-0.15, -0.1) is 12.4 Å². The molecule has 3 nitrogen and oxygen atoms in total. The van der Waals surface area contributed by atoms with Gasteiger partial charge in [0.15, 0.2) is 0 Å². The van der Waals surface area contributed by atoms with Gasteiger partial charge in [0.25, 0.3) is 0 Å². The van der Waals surface area contributed by atoms with Gasteiger partial charge in [-0.1, -0.05) is 13.0 Å². The van der Waals surface area contributed by atoms with Crippen LogP contribution < -0.4 is 5.73 Å². The van der Waals surface area contributed by atoms with Crippen molar-refractivity contribution in [2.75, 3.05) is 0 Å². The number of benzene rings is 1. The third kappa shape index (κ3) is 2.79. The van der Waals surface area contributed by atoms with Crippen LogP contribution in [-0.2, 0) is 0 Å². The molecule has 1 aromatic carbocycles. The molecule has 1 aromatic rings. The number of phenols is 2. The van der Waals surface area contributed by atoms with E-state index in [-0.39, 0.29) is 29.9 Å². The van der Waals surface area contributed by atoms with Gasteiger partial charge in [0.05, 0.1) is 0 Å². The SMILES string of the molecule is CC[C@@H](N)c1ccc(O)cc1O.Cl. The zero-order chi connectivity index (χ0) is 9.14. The fourth-order valence-corrected chi connectivity index (χ4v) is 1.07. The van der Waals surface area contributed by atoms with Crippen molar-refractivity contribution in [2.45, 2.75) is 19.4 Å². The number of nitrogens with two attached hydrogens (primary N) is 1. The Morgan fingerprint density at radius 1 is 1.38 bits per heavy atom. The normalized spacial score (nSPS) is 11.8. The summed E-state index contributed by atoms with van der Waals surface area (Å²) in [5, 5.41) is 18.3. The minimum atomic E-state index is -0.161.